The third kappa shape index (κ3) is 1.96. The van der Waals surface area contributed by atoms with Gasteiger partial charge in [0.1, 0.15) is 0 Å². The topological polar surface area (TPSA) is 57.6 Å². The van der Waals surface area contributed by atoms with Gasteiger partial charge < -0.3 is 10.0 Å². The minimum atomic E-state index is -1.13. The summed E-state index contributed by atoms with van der Waals surface area (Å²) in [6, 6.07) is -0.193. The van der Waals surface area contributed by atoms with Gasteiger partial charge in [0.2, 0.25) is 5.91 Å². The molecule has 1 saturated heterocycles. The molecule has 0 aromatic rings. The molecule has 15 heavy (non-hydrogen) atoms. The highest BCUT2D eigenvalue weighted by atomic mass is 16.4. The van der Waals surface area contributed by atoms with E-state index in [1.54, 1.807) is 4.90 Å². The Hall–Kier alpha value is -1.50. The largest absolute Gasteiger partial charge is 0.472 e. The van der Waals surface area contributed by atoms with Crippen LogP contribution in [0.1, 0.15) is 26.2 Å². The highest BCUT2D eigenvalue weighted by molar-refractivity contribution is 5.86. The van der Waals surface area contributed by atoms with Gasteiger partial charge in [-0.3, -0.25) is 4.79 Å². The predicted octanol–water partition coefficient (Wildman–Crippen LogP) is 0.475. The van der Waals surface area contributed by atoms with E-state index in [1.807, 2.05) is 0 Å². The summed E-state index contributed by atoms with van der Waals surface area (Å²) in [6.07, 6.45) is 3.12. The fourth-order valence-corrected chi connectivity index (χ4v) is 2.20. The van der Waals surface area contributed by atoms with Crippen LogP contribution < -0.4 is 0 Å². The minimum Gasteiger partial charge on any atom is -0.472 e. The van der Waals surface area contributed by atoms with Gasteiger partial charge in [0.25, 0.3) is 0 Å². The normalized spacial score (nSPS) is 25.9. The summed E-state index contributed by atoms with van der Waals surface area (Å²) in [7, 11) is 0. The van der Waals surface area contributed by atoms with Crippen molar-refractivity contribution >= 4 is 11.9 Å². The lowest BCUT2D eigenvalue weighted by molar-refractivity contribution is -0.131. The van der Waals surface area contributed by atoms with Gasteiger partial charge in [-0.1, -0.05) is 5.92 Å². The number of hydrogen-bond donors (Lipinski definition) is 1. The van der Waals surface area contributed by atoms with Crippen LogP contribution in [0.3, 0.4) is 0 Å². The van der Waals surface area contributed by atoms with Gasteiger partial charge in [-0.05, 0) is 24.7 Å². The first-order valence-electron chi connectivity index (χ1n) is 5.04. The summed E-state index contributed by atoms with van der Waals surface area (Å²) in [5, 5.41) is 8.47. The van der Waals surface area contributed by atoms with Crippen LogP contribution in [0, 0.1) is 17.3 Å². The Kier molecular flexibility index (Phi) is 2.18. The Labute approximate surface area is 88.3 Å². The third-order valence-corrected chi connectivity index (χ3v) is 3.22. The van der Waals surface area contributed by atoms with E-state index in [2.05, 4.69) is 11.8 Å². The van der Waals surface area contributed by atoms with Gasteiger partial charge in [0, 0.05) is 19.4 Å². The average Bonchev–Trinajstić information content (AvgIpc) is 2.75. The first-order chi connectivity index (χ1) is 7.02. The molecule has 1 unspecified atom stereocenters. The number of amides is 1. The van der Waals surface area contributed by atoms with E-state index in [0.717, 1.165) is 25.8 Å². The fraction of sp³-hybridized carbons (Fsp3) is 0.636. The second-order valence-corrected chi connectivity index (χ2v) is 4.44. The summed E-state index contributed by atoms with van der Waals surface area (Å²) in [5.74, 6) is 3.63. The van der Waals surface area contributed by atoms with Crippen LogP contribution >= 0.6 is 0 Å². The number of carboxylic acids is 1. The Morgan fingerprint density at radius 3 is 2.60 bits per heavy atom. The molecule has 0 radical (unpaired) electrons. The molecular formula is C11H13NO3. The first kappa shape index (κ1) is 10.0. The van der Waals surface area contributed by atoms with Gasteiger partial charge >= 0.3 is 5.97 Å². The van der Waals surface area contributed by atoms with Crippen molar-refractivity contribution in [2.75, 3.05) is 6.54 Å². The van der Waals surface area contributed by atoms with E-state index in [4.69, 9.17) is 5.11 Å². The number of carbonyl (C=O) groups excluding carboxylic acids is 1. The number of hydrogen-bond acceptors (Lipinski definition) is 2. The molecule has 1 saturated carbocycles. The van der Waals surface area contributed by atoms with Gasteiger partial charge in [-0.25, -0.2) is 4.79 Å². The molecule has 1 N–H and O–H groups in total. The summed E-state index contributed by atoms with van der Waals surface area (Å²) in [5.41, 5.74) is 0.267. The fourth-order valence-electron chi connectivity index (χ4n) is 2.20. The Morgan fingerprint density at radius 2 is 2.13 bits per heavy atom. The highest BCUT2D eigenvalue weighted by Crippen LogP contribution is 2.54. The lowest BCUT2D eigenvalue weighted by atomic mass is 10.0. The summed E-state index contributed by atoms with van der Waals surface area (Å²) >= 11 is 0. The Balaban J connectivity index is 2.12. The molecule has 4 nitrogen and oxygen atoms in total. The number of carbonyl (C=O) groups is 2. The van der Waals surface area contributed by atoms with Crippen LogP contribution in [0.2, 0.25) is 0 Å². The summed E-state index contributed by atoms with van der Waals surface area (Å²) < 4.78 is 0. The molecule has 1 aliphatic carbocycles. The smallest absolute Gasteiger partial charge is 0.381 e. The zero-order valence-electron chi connectivity index (χ0n) is 8.62. The van der Waals surface area contributed by atoms with Crippen molar-refractivity contribution in [1.29, 1.82) is 0 Å². The SMILES string of the molecule is CC(=O)N1CC2(CC2)CC1C#CC(=O)O. The minimum absolute atomic E-state index is 0.0107. The van der Waals surface area contributed by atoms with E-state index < -0.39 is 5.97 Å². The van der Waals surface area contributed by atoms with Crippen LogP contribution in [0.5, 0.6) is 0 Å². The van der Waals surface area contributed by atoms with Crippen molar-refractivity contribution in [2.45, 2.75) is 32.2 Å². The maximum absolute atomic E-state index is 11.3. The molecule has 4 heteroatoms. The number of aliphatic carboxylic acids is 1. The van der Waals surface area contributed by atoms with Crippen molar-refractivity contribution in [3.8, 4) is 11.8 Å². The molecule has 0 aromatic carbocycles. The van der Waals surface area contributed by atoms with Crippen LogP contribution in [-0.4, -0.2) is 34.5 Å². The zero-order chi connectivity index (χ0) is 11.1. The summed E-state index contributed by atoms with van der Waals surface area (Å²) in [6.45, 7) is 2.26. The Morgan fingerprint density at radius 1 is 1.47 bits per heavy atom. The van der Waals surface area contributed by atoms with Crippen molar-refractivity contribution in [1.82, 2.24) is 4.90 Å². The van der Waals surface area contributed by atoms with E-state index >= 15 is 0 Å². The highest BCUT2D eigenvalue weighted by Gasteiger charge is 2.52. The van der Waals surface area contributed by atoms with E-state index in [0.29, 0.717) is 0 Å². The molecule has 2 aliphatic rings. The van der Waals surface area contributed by atoms with Crippen LogP contribution in [-0.2, 0) is 9.59 Å². The average molecular weight is 207 g/mol. The van der Waals surface area contributed by atoms with Gasteiger partial charge in [-0.15, -0.1) is 0 Å². The van der Waals surface area contributed by atoms with Gasteiger partial charge in [-0.2, -0.15) is 0 Å². The monoisotopic (exact) mass is 207 g/mol. The molecule has 80 valence electrons. The second kappa shape index (κ2) is 3.27. The van der Waals surface area contributed by atoms with Crippen molar-refractivity contribution in [3.05, 3.63) is 0 Å². The van der Waals surface area contributed by atoms with Gasteiger partial charge in [0.05, 0.1) is 6.04 Å². The molecule has 1 atom stereocenters. The molecule has 1 spiro atoms. The van der Waals surface area contributed by atoms with Gasteiger partial charge in [0.15, 0.2) is 0 Å². The number of likely N-dealkylation sites (tertiary alicyclic amines) is 1. The molecule has 2 rings (SSSR count). The number of rotatable bonds is 0. The first-order valence-corrected chi connectivity index (χ1v) is 5.04. The van der Waals surface area contributed by atoms with E-state index in [-0.39, 0.29) is 17.4 Å². The molecule has 2 fully saturated rings. The second-order valence-electron chi connectivity index (χ2n) is 4.44. The predicted molar refractivity (Wildman–Crippen MR) is 52.9 cm³/mol. The van der Waals surface area contributed by atoms with Crippen LogP contribution in [0.15, 0.2) is 0 Å². The maximum Gasteiger partial charge on any atom is 0.381 e. The molecule has 1 heterocycles. The third-order valence-electron chi connectivity index (χ3n) is 3.22. The van der Waals surface area contributed by atoms with Crippen molar-refractivity contribution in [3.63, 3.8) is 0 Å². The Bertz CT molecular complexity index is 373. The standard InChI is InChI=1S/C11H13NO3/c1-8(13)12-7-11(4-5-11)6-9(12)2-3-10(14)15/h9H,4-7H2,1H3,(H,14,15). The molecule has 1 aliphatic heterocycles. The molecular weight excluding hydrogens is 194 g/mol. The van der Waals surface area contributed by atoms with E-state index in [9.17, 15) is 9.59 Å². The van der Waals surface area contributed by atoms with Crippen LogP contribution in [0.25, 0.3) is 0 Å². The molecule has 0 bridgehead atoms. The lowest BCUT2D eigenvalue weighted by Crippen LogP contribution is -2.33. The summed E-state index contributed by atoms with van der Waals surface area (Å²) in [4.78, 5) is 23.4. The lowest BCUT2D eigenvalue weighted by Gasteiger charge is -2.18. The number of nitrogens with zero attached hydrogens (tertiary/aromatic N) is 1. The van der Waals surface area contributed by atoms with Crippen LogP contribution in [0.4, 0.5) is 0 Å². The van der Waals surface area contributed by atoms with Crippen molar-refractivity contribution in [2.24, 2.45) is 5.41 Å². The quantitative estimate of drug-likeness (QED) is 0.588. The zero-order valence-corrected chi connectivity index (χ0v) is 8.62. The molecule has 0 aromatic heterocycles. The maximum atomic E-state index is 11.3. The van der Waals surface area contributed by atoms with Crippen molar-refractivity contribution < 1.29 is 14.7 Å². The number of carboxylic acid groups (broad SMARTS) is 1. The van der Waals surface area contributed by atoms with E-state index in [1.165, 1.54) is 6.92 Å². The molecule has 1 amide bonds.